The van der Waals surface area contributed by atoms with Gasteiger partial charge < -0.3 is 14.6 Å². The molecule has 9 heteroatoms. The van der Waals surface area contributed by atoms with E-state index in [4.69, 9.17) is 16.3 Å². The van der Waals surface area contributed by atoms with Gasteiger partial charge in [-0.15, -0.1) is 0 Å². The van der Waals surface area contributed by atoms with E-state index in [1.54, 1.807) is 24.3 Å². The van der Waals surface area contributed by atoms with Gasteiger partial charge in [0, 0.05) is 48.3 Å². The van der Waals surface area contributed by atoms with E-state index in [-0.39, 0.29) is 4.90 Å². The van der Waals surface area contributed by atoms with E-state index >= 15 is 0 Å². The van der Waals surface area contributed by atoms with Crippen LogP contribution in [0.4, 0.5) is 4.39 Å². The second-order valence-corrected chi connectivity index (χ2v) is 10.9. The summed E-state index contributed by atoms with van der Waals surface area (Å²) in [7, 11) is -3.58. The predicted molar refractivity (Wildman–Crippen MR) is 134 cm³/mol. The molecule has 1 aliphatic rings. The van der Waals surface area contributed by atoms with E-state index in [1.165, 1.54) is 0 Å². The lowest BCUT2D eigenvalue weighted by molar-refractivity contribution is 0.143. The molecule has 4 rings (SSSR count). The van der Waals surface area contributed by atoms with Gasteiger partial charge in [-0.05, 0) is 80.1 Å². The summed E-state index contributed by atoms with van der Waals surface area (Å²) in [6.07, 6.45) is 4.77. The third-order valence-electron chi connectivity index (χ3n) is 6.18. The molecule has 0 radical (unpaired) electrons. The monoisotopic (exact) mass is 507 g/mol. The summed E-state index contributed by atoms with van der Waals surface area (Å²) < 4.78 is 46.8. The number of aryl methyl sites for hydroxylation is 1. The van der Waals surface area contributed by atoms with Crippen LogP contribution in [0.3, 0.4) is 0 Å². The molecule has 2 heterocycles. The van der Waals surface area contributed by atoms with E-state index in [0.717, 1.165) is 48.9 Å². The molecule has 34 heavy (non-hydrogen) atoms. The quantitative estimate of drug-likeness (QED) is 0.361. The predicted octanol–water partition coefficient (Wildman–Crippen LogP) is 4.94. The van der Waals surface area contributed by atoms with Crippen molar-refractivity contribution in [2.45, 2.75) is 43.2 Å². The Bertz CT molecular complexity index is 1180. The number of piperidine rings is 1. The minimum absolute atomic E-state index is 0.216. The molecule has 2 N–H and O–H groups in total. The van der Waals surface area contributed by atoms with Crippen molar-refractivity contribution in [2.24, 2.45) is 0 Å². The maximum atomic E-state index is 13.2. The van der Waals surface area contributed by atoms with Gasteiger partial charge >= 0.3 is 0 Å². The summed E-state index contributed by atoms with van der Waals surface area (Å²) in [5.74, 6) is 0.638. The third-order valence-corrected chi connectivity index (χ3v) is 7.90. The minimum atomic E-state index is -3.58. The maximum Gasteiger partial charge on any atom is 0.240 e. The van der Waals surface area contributed by atoms with E-state index in [1.807, 2.05) is 24.4 Å². The number of hydrogen-bond acceptors (Lipinski definition) is 4. The van der Waals surface area contributed by atoms with Gasteiger partial charge in [-0.3, -0.25) is 0 Å². The number of sulfonamides is 1. The average Bonchev–Trinajstić information content (AvgIpc) is 3.23. The first-order valence-corrected chi connectivity index (χ1v) is 13.6. The Morgan fingerprint density at radius 2 is 1.88 bits per heavy atom. The number of alkyl halides is 1. The number of halogens is 2. The summed E-state index contributed by atoms with van der Waals surface area (Å²) >= 11 is 6.09. The molecule has 1 aromatic heterocycles. The van der Waals surface area contributed by atoms with Crippen LogP contribution in [0.2, 0.25) is 5.02 Å². The number of H-pyrrole nitrogens is 1. The van der Waals surface area contributed by atoms with Crippen LogP contribution in [-0.2, 0) is 16.4 Å². The Hall–Kier alpha value is -2.13. The van der Waals surface area contributed by atoms with Crippen molar-refractivity contribution in [3.05, 3.63) is 59.2 Å². The second-order valence-electron chi connectivity index (χ2n) is 8.69. The van der Waals surface area contributed by atoms with Crippen molar-refractivity contribution in [3.8, 4) is 5.75 Å². The number of benzene rings is 2. The van der Waals surface area contributed by atoms with Gasteiger partial charge in [-0.25, -0.2) is 17.5 Å². The van der Waals surface area contributed by atoms with Gasteiger partial charge in [0.15, 0.2) is 0 Å². The molecule has 1 fully saturated rings. The number of nitrogens with one attached hydrogen (secondary N) is 2. The topological polar surface area (TPSA) is 74.4 Å². The van der Waals surface area contributed by atoms with Crippen molar-refractivity contribution in [1.29, 1.82) is 0 Å². The van der Waals surface area contributed by atoms with Gasteiger partial charge in [0.05, 0.1) is 11.5 Å². The molecule has 0 amide bonds. The number of nitrogens with zero attached hydrogens (tertiary/aromatic N) is 1. The SMILES string of the molecule is O=S(=O)(NCCCc1c[nH]c2ccc(Cl)cc12)c1ccc(OCCCN2CCC(F)CC2)cc1. The van der Waals surface area contributed by atoms with Crippen LogP contribution in [-0.4, -0.2) is 57.3 Å². The molecule has 0 unspecified atom stereocenters. The zero-order chi connectivity index (χ0) is 24.0. The van der Waals surface area contributed by atoms with Crippen LogP contribution in [0.5, 0.6) is 5.75 Å². The van der Waals surface area contributed by atoms with Crippen molar-refractivity contribution >= 4 is 32.5 Å². The standard InChI is InChI=1S/C25H31ClFN3O3S/c26-20-4-9-25-24(17-20)19(18-28-25)3-1-12-29-34(31,32)23-7-5-22(6-8-23)33-16-2-13-30-14-10-21(27)11-15-30/h4-9,17-18,21,28-29H,1-3,10-16H2. The van der Waals surface area contributed by atoms with Gasteiger partial charge in [0.1, 0.15) is 11.9 Å². The molecule has 1 saturated heterocycles. The summed E-state index contributed by atoms with van der Waals surface area (Å²) in [5, 5.41) is 1.75. The summed E-state index contributed by atoms with van der Waals surface area (Å²) in [4.78, 5) is 5.69. The smallest absolute Gasteiger partial charge is 0.240 e. The second kappa shape index (κ2) is 11.5. The highest BCUT2D eigenvalue weighted by atomic mass is 35.5. The number of fused-ring (bicyclic) bond motifs is 1. The van der Waals surface area contributed by atoms with Crippen LogP contribution in [0, 0.1) is 0 Å². The molecular weight excluding hydrogens is 477 g/mol. The lowest BCUT2D eigenvalue weighted by atomic mass is 10.1. The van der Waals surface area contributed by atoms with Crippen molar-refractivity contribution in [2.75, 3.05) is 32.8 Å². The largest absolute Gasteiger partial charge is 0.494 e. The molecule has 0 saturated carbocycles. The van der Waals surface area contributed by atoms with Crippen LogP contribution in [0.25, 0.3) is 10.9 Å². The number of rotatable bonds is 11. The molecule has 184 valence electrons. The number of ether oxygens (including phenoxy) is 1. The summed E-state index contributed by atoms with van der Waals surface area (Å²) in [6, 6.07) is 12.2. The fourth-order valence-corrected chi connectivity index (χ4v) is 5.49. The minimum Gasteiger partial charge on any atom is -0.494 e. The van der Waals surface area contributed by atoms with Crippen LogP contribution in [0.1, 0.15) is 31.2 Å². The fourth-order valence-electron chi connectivity index (χ4n) is 4.24. The highest BCUT2D eigenvalue weighted by Crippen LogP contribution is 2.23. The molecule has 0 spiro atoms. The maximum absolute atomic E-state index is 13.2. The highest BCUT2D eigenvalue weighted by Gasteiger charge is 2.18. The Kier molecular flexibility index (Phi) is 8.47. The summed E-state index contributed by atoms with van der Waals surface area (Å²) in [6.45, 7) is 3.37. The molecule has 0 aliphatic carbocycles. The molecule has 0 bridgehead atoms. The molecule has 2 aromatic carbocycles. The van der Waals surface area contributed by atoms with Crippen molar-refractivity contribution in [3.63, 3.8) is 0 Å². The van der Waals surface area contributed by atoms with Crippen LogP contribution < -0.4 is 9.46 Å². The number of hydrogen-bond donors (Lipinski definition) is 2. The number of likely N-dealkylation sites (tertiary alicyclic amines) is 1. The first-order chi connectivity index (χ1) is 16.4. The fraction of sp³-hybridized carbons (Fsp3) is 0.440. The first-order valence-electron chi connectivity index (χ1n) is 11.8. The zero-order valence-electron chi connectivity index (χ0n) is 19.1. The van der Waals surface area contributed by atoms with Crippen molar-refractivity contribution < 1.29 is 17.5 Å². The van der Waals surface area contributed by atoms with E-state index in [9.17, 15) is 12.8 Å². The number of aromatic nitrogens is 1. The Morgan fingerprint density at radius 3 is 2.65 bits per heavy atom. The Morgan fingerprint density at radius 1 is 1.12 bits per heavy atom. The molecule has 0 atom stereocenters. The Balaban J connectivity index is 1.19. The van der Waals surface area contributed by atoms with Crippen LogP contribution >= 0.6 is 11.6 Å². The third kappa shape index (κ3) is 6.72. The lowest BCUT2D eigenvalue weighted by Crippen LogP contribution is -2.35. The van der Waals surface area contributed by atoms with Crippen LogP contribution in [0.15, 0.2) is 53.6 Å². The van der Waals surface area contributed by atoms with E-state index in [0.29, 0.717) is 43.2 Å². The van der Waals surface area contributed by atoms with Gasteiger partial charge in [0.25, 0.3) is 0 Å². The lowest BCUT2D eigenvalue weighted by Gasteiger charge is -2.28. The molecule has 3 aromatic rings. The molecular formula is C25H31ClFN3O3S. The van der Waals surface area contributed by atoms with Gasteiger partial charge in [-0.2, -0.15) is 0 Å². The first kappa shape index (κ1) is 25.0. The molecule has 6 nitrogen and oxygen atoms in total. The number of aromatic amines is 1. The molecule has 1 aliphatic heterocycles. The van der Waals surface area contributed by atoms with E-state index in [2.05, 4.69) is 14.6 Å². The highest BCUT2D eigenvalue weighted by molar-refractivity contribution is 7.89. The Labute approximate surface area is 205 Å². The van der Waals surface area contributed by atoms with Gasteiger partial charge in [-0.1, -0.05) is 11.6 Å². The normalized spacial score (nSPS) is 15.7. The zero-order valence-corrected chi connectivity index (χ0v) is 20.7. The van der Waals surface area contributed by atoms with Gasteiger partial charge in [0.2, 0.25) is 10.0 Å². The average molecular weight is 508 g/mol. The summed E-state index contributed by atoms with van der Waals surface area (Å²) in [5.41, 5.74) is 2.13. The van der Waals surface area contributed by atoms with Crippen molar-refractivity contribution in [1.82, 2.24) is 14.6 Å². The van der Waals surface area contributed by atoms with E-state index < -0.39 is 16.2 Å².